The normalized spacial score (nSPS) is 10.4. The first kappa shape index (κ1) is 11.7. The van der Waals surface area contributed by atoms with Gasteiger partial charge in [0, 0.05) is 42.1 Å². The minimum Gasteiger partial charge on any atom is -0.244 e. The highest BCUT2D eigenvalue weighted by Gasteiger charge is 2.05. The third-order valence-electron chi connectivity index (χ3n) is 2.37. The van der Waals surface area contributed by atoms with Gasteiger partial charge in [0.25, 0.3) is 0 Å². The third-order valence-corrected chi connectivity index (χ3v) is 2.60. The van der Waals surface area contributed by atoms with Gasteiger partial charge in [0.05, 0.1) is 11.1 Å². The summed E-state index contributed by atoms with van der Waals surface area (Å²) in [5, 5.41) is 0. The van der Waals surface area contributed by atoms with Crippen LogP contribution in [0.3, 0.4) is 0 Å². The lowest BCUT2D eigenvalue weighted by Crippen LogP contribution is -1.93. The lowest BCUT2D eigenvalue weighted by atomic mass is 10.3. The van der Waals surface area contributed by atoms with Crippen LogP contribution in [0.1, 0.15) is 0 Å². The van der Waals surface area contributed by atoms with Gasteiger partial charge in [-0.1, -0.05) is 0 Å². The molecule has 3 aromatic heterocycles. The molecule has 0 spiro atoms. The number of hydrogen-bond acceptors (Lipinski definition) is 7. The van der Waals surface area contributed by atoms with Crippen LogP contribution in [0.5, 0.6) is 0 Å². The first-order valence-corrected chi connectivity index (χ1v) is 5.86. The molecule has 7 heteroatoms. The fraction of sp³-hybridized carbons (Fsp3) is 0. The standard InChI is InChI=1S/C12H8N6S/c19-10-5-17-12(18-6-10)9-3-15-11(16-4-9)8-1-13-7-14-2-8/h1-7,19H. The van der Waals surface area contributed by atoms with E-state index in [0.717, 1.165) is 11.1 Å². The molecule has 0 bridgehead atoms. The van der Waals surface area contributed by atoms with E-state index in [0.29, 0.717) is 16.5 Å². The van der Waals surface area contributed by atoms with E-state index >= 15 is 0 Å². The van der Waals surface area contributed by atoms with Gasteiger partial charge in [-0.15, -0.1) is 12.6 Å². The van der Waals surface area contributed by atoms with Crippen LogP contribution in [-0.4, -0.2) is 29.9 Å². The molecule has 0 aliphatic rings. The summed E-state index contributed by atoms with van der Waals surface area (Å²) in [5.74, 6) is 1.13. The maximum atomic E-state index is 4.26. The highest BCUT2D eigenvalue weighted by atomic mass is 32.1. The zero-order chi connectivity index (χ0) is 13.1. The zero-order valence-corrected chi connectivity index (χ0v) is 10.6. The van der Waals surface area contributed by atoms with Crippen LogP contribution < -0.4 is 0 Å². The summed E-state index contributed by atoms with van der Waals surface area (Å²) in [6.07, 6.45) is 11.4. The minimum absolute atomic E-state index is 0.564. The molecule has 0 fully saturated rings. The molecule has 0 aliphatic heterocycles. The molecule has 92 valence electrons. The van der Waals surface area contributed by atoms with Crippen molar-refractivity contribution in [2.75, 3.05) is 0 Å². The Labute approximate surface area is 114 Å². The molecule has 0 aliphatic carbocycles. The second-order valence-electron chi connectivity index (χ2n) is 3.69. The molecule has 0 aromatic carbocycles. The van der Waals surface area contributed by atoms with Crippen LogP contribution in [0, 0.1) is 0 Å². The monoisotopic (exact) mass is 268 g/mol. The largest absolute Gasteiger partial charge is 0.244 e. The Morgan fingerprint density at radius 3 is 1.68 bits per heavy atom. The van der Waals surface area contributed by atoms with E-state index in [2.05, 4.69) is 42.5 Å². The van der Waals surface area contributed by atoms with Gasteiger partial charge in [0.2, 0.25) is 0 Å². The Kier molecular flexibility index (Phi) is 3.11. The molecule has 3 aromatic rings. The van der Waals surface area contributed by atoms with E-state index in [1.807, 2.05) is 0 Å². The summed E-state index contributed by atoms with van der Waals surface area (Å²) in [5.41, 5.74) is 1.51. The zero-order valence-electron chi connectivity index (χ0n) is 9.67. The summed E-state index contributed by atoms with van der Waals surface area (Å²) in [7, 11) is 0. The average Bonchev–Trinajstić information content (AvgIpc) is 2.49. The fourth-order valence-corrected chi connectivity index (χ4v) is 1.59. The van der Waals surface area contributed by atoms with Gasteiger partial charge in [0.1, 0.15) is 6.33 Å². The molecule has 3 heterocycles. The van der Waals surface area contributed by atoms with Crippen LogP contribution in [-0.2, 0) is 0 Å². The number of thiol groups is 1. The molecule has 0 saturated carbocycles. The summed E-state index contributed by atoms with van der Waals surface area (Å²) in [6, 6.07) is 0. The Bertz CT molecular complexity index is 669. The molecule has 0 atom stereocenters. The number of hydrogen-bond donors (Lipinski definition) is 1. The van der Waals surface area contributed by atoms with Crippen LogP contribution in [0.4, 0.5) is 0 Å². The number of aromatic nitrogens is 6. The Morgan fingerprint density at radius 1 is 0.632 bits per heavy atom. The molecular weight excluding hydrogens is 260 g/mol. The van der Waals surface area contributed by atoms with Crippen molar-refractivity contribution in [3.05, 3.63) is 43.5 Å². The maximum Gasteiger partial charge on any atom is 0.162 e. The van der Waals surface area contributed by atoms with Crippen molar-refractivity contribution in [1.82, 2.24) is 29.9 Å². The van der Waals surface area contributed by atoms with Crippen molar-refractivity contribution in [2.45, 2.75) is 4.90 Å². The summed E-state index contributed by atoms with van der Waals surface area (Å²) >= 11 is 4.14. The van der Waals surface area contributed by atoms with Crippen molar-refractivity contribution in [3.8, 4) is 22.8 Å². The molecule has 0 saturated heterocycles. The van der Waals surface area contributed by atoms with E-state index < -0.39 is 0 Å². The predicted molar refractivity (Wildman–Crippen MR) is 71.3 cm³/mol. The van der Waals surface area contributed by atoms with E-state index in [1.165, 1.54) is 6.33 Å². The summed E-state index contributed by atoms with van der Waals surface area (Å²) in [4.78, 5) is 25.4. The predicted octanol–water partition coefficient (Wildman–Crippen LogP) is 1.68. The van der Waals surface area contributed by atoms with Crippen LogP contribution >= 0.6 is 12.6 Å². The Balaban J connectivity index is 1.93. The van der Waals surface area contributed by atoms with Gasteiger partial charge >= 0.3 is 0 Å². The molecule has 19 heavy (non-hydrogen) atoms. The van der Waals surface area contributed by atoms with Crippen molar-refractivity contribution in [2.24, 2.45) is 0 Å². The molecule has 0 unspecified atom stereocenters. The van der Waals surface area contributed by atoms with Gasteiger partial charge in [0.15, 0.2) is 11.6 Å². The topological polar surface area (TPSA) is 77.3 Å². The fourth-order valence-electron chi connectivity index (χ4n) is 1.48. The van der Waals surface area contributed by atoms with Gasteiger partial charge in [-0.05, 0) is 0 Å². The minimum atomic E-state index is 0.564. The van der Waals surface area contributed by atoms with E-state index in [4.69, 9.17) is 0 Å². The average molecular weight is 268 g/mol. The number of rotatable bonds is 2. The third kappa shape index (κ3) is 2.55. The van der Waals surface area contributed by atoms with Crippen molar-refractivity contribution < 1.29 is 0 Å². The smallest absolute Gasteiger partial charge is 0.162 e. The van der Waals surface area contributed by atoms with E-state index in [-0.39, 0.29) is 0 Å². The van der Waals surface area contributed by atoms with Crippen molar-refractivity contribution in [3.63, 3.8) is 0 Å². The summed E-state index contributed by atoms with van der Waals surface area (Å²) in [6.45, 7) is 0. The molecule has 3 rings (SSSR count). The molecule has 0 radical (unpaired) electrons. The van der Waals surface area contributed by atoms with Crippen molar-refractivity contribution >= 4 is 12.6 Å². The second kappa shape index (κ2) is 5.07. The Morgan fingerprint density at radius 2 is 1.11 bits per heavy atom. The summed E-state index contributed by atoms with van der Waals surface area (Å²) < 4.78 is 0. The van der Waals surface area contributed by atoms with Gasteiger partial charge < -0.3 is 0 Å². The van der Waals surface area contributed by atoms with E-state index in [9.17, 15) is 0 Å². The number of nitrogens with zero attached hydrogens (tertiary/aromatic N) is 6. The lowest BCUT2D eigenvalue weighted by molar-refractivity contribution is 1.08. The van der Waals surface area contributed by atoms with Crippen LogP contribution in [0.25, 0.3) is 22.8 Å². The van der Waals surface area contributed by atoms with Crippen molar-refractivity contribution in [1.29, 1.82) is 0 Å². The maximum absolute atomic E-state index is 4.26. The Hall–Kier alpha value is -2.41. The highest BCUT2D eigenvalue weighted by molar-refractivity contribution is 7.80. The van der Waals surface area contributed by atoms with Crippen LogP contribution in [0.2, 0.25) is 0 Å². The molecule has 6 nitrogen and oxygen atoms in total. The first-order valence-electron chi connectivity index (χ1n) is 5.42. The lowest BCUT2D eigenvalue weighted by Gasteiger charge is -2.01. The van der Waals surface area contributed by atoms with Crippen LogP contribution in [0.15, 0.2) is 48.4 Å². The molecular formula is C12H8N6S. The van der Waals surface area contributed by atoms with Gasteiger partial charge in [-0.2, -0.15) is 0 Å². The molecule has 0 amide bonds. The highest BCUT2D eigenvalue weighted by Crippen LogP contribution is 2.16. The van der Waals surface area contributed by atoms with Gasteiger partial charge in [-0.25, -0.2) is 29.9 Å². The molecule has 0 N–H and O–H groups in total. The first-order chi connectivity index (χ1) is 9.33. The quantitative estimate of drug-likeness (QED) is 0.712. The van der Waals surface area contributed by atoms with Gasteiger partial charge in [-0.3, -0.25) is 0 Å². The SMILES string of the molecule is Sc1cnc(-c2cnc(-c3cncnc3)nc2)nc1. The second-order valence-corrected chi connectivity index (χ2v) is 4.20. The van der Waals surface area contributed by atoms with E-state index in [1.54, 1.807) is 37.2 Å².